The van der Waals surface area contributed by atoms with Crippen molar-refractivity contribution in [3.63, 3.8) is 0 Å². The first-order chi connectivity index (χ1) is 9.86. The van der Waals surface area contributed by atoms with Crippen molar-refractivity contribution in [2.45, 2.75) is 32.6 Å². The van der Waals surface area contributed by atoms with E-state index in [1.54, 1.807) is 19.2 Å². The second kappa shape index (κ2) is 4.48. The maximum Gasteiger partial charge on any atom is 0.197 e. The molecule has 0 unspecified atom stereocenters. The highest BCUT2D eigenvalue weighted by Crippen LogP contribution is 2.70. The lowest BCUT2D eigenvalue weighted by atomic mass is 10.0. The molecule has 1 aliphatic carbocycles. The third kappa shape index (κ3) is 2.07. The Labute approximate surface area is 123 Å². The Hall–Kier alpha value is -2.04. The molecule has 1 aromatic carbocycles. The highest BCUT2D eigenvalue weighted by atomic mass is 19.1. The first kappa shape index (κ1) is 13.9. The van der Waals surface area contributed by atoms with E-state index >= 15 is 0 Å². The smallest absolute Gasteiger partial charge is 0.197 e. The van der Waals surface area contributed by atoms with E-state index < -0.39 is 0 Å². The molecule has 5 heteroatoms. The van der Waals surface area contributed by atoms with Crippen LogP contribution in [0.5, 0.6) is 5.75 Å². The van der Waals surface area contributed by atoms with Crippen molar-refractivity contribution < 1.29 is 9.13 Å². The summed E-state index contributed by atoms with van der Waals surface area (Å²) in [4.78, 5) is 7.41. The number of nitrogen functional groups attached to an aromatic ring is 1. The van der Waals surface area contributed by atoms with Gasteiger partial charge in [0.1, 0.15) is 11.6 Å². The number of methoxy groups -OCH3 is 1. The number of rotatable bonds is 3. The van der Waals surface area contributed by atoms with Crippen molar-refractivity contribution in [3.05, 3.63) is 41.0 Å². The van der Waals surface area contributed by atoms with Crippen LogP contribution in [-0.4, -0.2) is 17.1 Å². The summed E-state index contributed by atoms with van der Waals surface area (Å²) in [6.45, 7) is 6.21. The molecule has 1 saturated carbocycles. The number of ether oxygens (including phenoxy) is 1. The summed E-state index contributed by atoms with van der Waals surface area (Å²) in [7, 11) is 1.59. The quantitative estimate of drug-likeness (QED) is 0.910. The third-order valence-electron chi connectivity index (χ3n) is 4.60. The molecule has 0 amide bonds. The Morgan fingerprint density at radius 3 is 2.62 bits per heavy atom. The minimum atomic E-state index is -0.197. The molecular weight excluding hydrogens is 269 g/mol. The van der Waals surface area contributed by atoms with Crippen LogP contribution in [0.3, 0.4) is 0 Å². The number of anilines is 1. The summed E-state index contributed by atoms with van der Waals surface area (Å²) >= 11 is 0. The molecule has 1 heterocycles. The molecule has 2 aromatic rings. The van der Waals surface area contributed by atoms with Gasteiger partial charge >= 0.3 is 0 Å². The van der Waals surface area contributed by atoms with Crippen LogP contribution in [0.1, 0.15) is 42.6 Å². The number of halogens is 1. The number of hydrogen-bond acceptors (Lipinski definition) is 3. The van der Waals surface area contributed by atoms with Crippen LogP contribution in [0, 0.1) is 18.2 Å². The highest BCUT2D eigenvalue weighted by Gasteiger charge is 2.61. The van der Waals surface area contributed by atoms with Gasteiger partial charge in [0.25, 0.3) is 0 Å². The molecule has 1 fully saturated rings. The molecule has 1 aromatic heterocycles. The van der Waals surface area contributed by atoms with Crippen LogP contribution in [-0.2, 0) is 0 Å². The average Bonchev–Trinajstić information content (AvgIpc) is 2.81. The molecule has 3 rings (SSSR count). The van der Waals surface area contributed by atoms with Crippen LogP contribution in [0.25, 0.3) is 0 Å². The van der Waals surface area contributed by atoms with Crippen LogP contribution >= 0.6 is 0 Å². The number of nitrogens with one attached hydrogen (secondary N) is 1. The average molecular weight is 289 g/mol. The number of aromatic amines is 1. The molecule has 2 atom stereocenters. The minimum absolute atomic E-state index is 0.0560. The molecule has 0 aliphatic heterocycles. The van der Waals surface area contributed by atoms with Crippen molar-refractivity contribution in [1.82, 2.24) is 9.97 Å². The van der Waals surface area contributed by atoms with Gasteiger partial charge in [0, 0.05) is 17.5 Å². The Balaban J connectivity index is 2.02. The first-order valence-corrected chi connectivity index (χ1v) is 7.01. The van der Waals surface area contributed by atoms with Gasteiger partial charge in [-0.05, 0) is 36.1 Å². The lowest BCUT2D eigenvalue weighted by Crippen LogP contribution is -1.95. The lowest BCUT2D eigenvalue weighted by molar-refractivity contribution is 0.412. The van der Waals surface area contributed by atoms with E-state index in [9.17, 15) is 4.39 Å². The number of nitrogens with zero attached hydrogens (tertiary/aromatic N) is 1. The normalized spacial score (nSPS) is 23.1. The van der Waals surface area contributed by atoms with Crippen molar-refractivity contribution in [1.29, 1.82) is 0 Å². The van der Waals surface area contributed by atoms with Gasteiger partial charge in [0.15, 0.2) is 5.95 Å². The third-order valence-corrected chi connectivity index (χ3v) is 4.60. The summed E-state index contributed by atoms with van der Waals surface area (Å²) in [6.07, 6.45) is 0. The monoisotopic (exact) mass is 289 g/mol. The lowest BCUT2D eigenvalue weighted by Gasteiger charge is -2.07. The molecule has 0 bridgehead atoms. The van der Waals surface area contributed by atoms with Gasteiger partial charge in [-0.1, -0.05) is 13.8 Å². The standard InChI is InChI=1S/C16H20FN3O/c1-8-14(20-15(18)19-8)13-12(16(13,2)3)10-7-9(21-4)5-6-11(10)17/h5-7,12-13H,1-4H3,(H3,18,19,20)/t12-,13+/m0/s1. The van der Waals surface area contributed by atoms with Crippen molar-refractivity contribution in [2.24, 2.45) is 5.41 Å². The van der Waals surface area contributed by atoms with E-state index in [1.165, 1.54) is 6.07 Å². The molecule has 112 valence electrons. The van der Waals surface area contributed by atoms with Gasteiger partial charge < -0.3 is 15.5 Å². The van der Waals surface area contributed by atoms with Gasteiger partial charge in [-0.3, -0.25) is 0 Å². The molecule has 21 heavy (non-hydrogen) atoms. The van der Waals surface area contributed by atoms with Gasteiger partial charge in [-0.2, -0.15) is 0 Å². The van der Waals surface area contributed by atoms with Gasteiger partial charge in [-0.25, -0.2) is 9.37 Å². The summed E-state index contributed by atoms with van der Waals surface area (Å²) in [6, 6.07) is 4.89. The van der Waals surface area contributed by atoms with E-state index in [4.69, 9.17) is 10.5 Å². The van der Waals surface area contributed by atoms with E-state index in [1.807, 2.05) is 6.92 Å². The van der Waals surface area contributed by atoms with Gasteiger partial charge in [0.05, 0.1) is 12.8 Å². The SMILES string of the molecule is COc1ccc(F)c([C@H]2[C@H](c3nc(N)[nH]c3C)C2(C)C)c1. The second-order valence-corrected chi connectivity index (χ2v) is 6.30. The summed E-state index contributed by atoms with van der Waals surface area (Å²) in [5.74, 6) is 1.13. The zero-order valence-corrected chi connectivity index (χ0v) is 12.7. The highest BCUT2D eigenvalue weighted by molar-refractivity contribution is 5.46. The zero-order chi connectivity index (χ0) is 15.4. The predicted molar refractivity (Wildman–Crippen MR) is 80.0 cm³/mol. The van der Waals surface area contributed by atoms with Crippen LogP contribution in [0.2, 0.25) is 0 Å². The Morgan fingerprint density at radius 2 is 2.05 bits per heavy atom. The number of nitrogens with two attached hydrogens (primary N) is 1. The number of aromatic nitrogens is 2. The minimum Gasteiger partial charge on any atom is -0.497 e. The Morgan fingerprint density at radius 1 is 1.33 bits per heavy atom. The van der Waals surface area contributed by atoms with Crippen molar-refractivity contribution in [3.8, 4) is 5.75 Å². The van der Waals surface area contributed by atoms with Gasteiger partial charge in [0.2, 0.25) is 0 Å². The van der Waals surface area contributed by atoms with E-state index in [-0.39, 0.29) is 23.1 Å². The number of hydrogen-bond donors (Lipinski definition) is 2. The van der Waals surface area contributed by atoms with E-state index in [2.05, 4.69) is 23.8 Å². The van der Waals surface area contributed by atoms with Crippen molar-refractivity contribution >= 4 is 5.95 Å². The number of imidazole rings is 1. The van der Waals surface area contributed by atoms with Crippen LogP contribution in [0.15, 0.2) is 18.2 Å². The zero-order valence-electron chi connectivity index (χ0n) is 12.7. The fourth-order valence-electron chi connectivity index (χ4n) is 3.42. The number of benzene rings is 1. The van der Waals surface area contributed by atoms with E-state index in [0.717, 1.165) is 11.4 Å². The fraction of sp³-hybridized carbons (Fsp3) is 0.438. The van der Waals surface area contributed by atoms with E-state index in [0.29, 0.717) is 17.3 Å². The molecule has 0 radical (unpaired) electrons. The predicted octanol–water partition coefficient (Wildman–Crippen LogP) is 3.36. The Bertz CT molecular complexity index is 693. The molecular formula is C16H20FN3O. The number of aryl methyl sites for hydroxylation is 1. The largest absolute Gasteiger partial charge is 0.497 e. The van der Waals surface area contributed by atoms with Crippen LogP contribution < -0.4 is 10.5 Å². The number of H-pyrrole nitrogens is 1. The van der Waals surface area contributed by atoms with Gasteiger partial charge in [-0.15, -0.1) is 0 Å². The fourth-order valence-corrected chi connectivity index (χ4v) is 3.42. The molecule has 4 nitrogen and oxygen atoms in total. The van der Waals surface area contributed by atoms with Crippen molar-refractivity contribution in [2.75, 3.05) is 12.8 Å². The maximum absolute atomic E-state index is 14.2. The molecule has 1 aliphatic rings. The Kier molecular flexibility index (Phi) is 2.97. The molecule has 0 spiro atoms. The topological polar surface area (TPSA) is 63.9 Å². The summed E-state index contributed by atoms with van der Waals surface area (Å²) in [5, 5.41) is 0. The maximum atomic E-state index is 14.2. The molecule has 0 saturated heterocycles. The van der Waals surface area contributed by atoms with Crippen LogP contribution in [0.4, 0.5) is 10.3 Å². The molecule has 3 N–H and O–H groups in total. The second-order valence-electron chi connectivity index (χ2n) is 6.30. The summed E-state index contributed by atoms with van der Waals surface area (Å²) in [5.41, 5.74) is 8.25. The summed E-state index contributed by atoms with van der Waals surface area (Å²) < 4.78 is 19.4. The first-order valence-electron chi connectivity index (χ1n) is 7.01.